The van der Waals surface area contributed by atoms with Crippen LogP contribution in [0, 0.1) is 0 Å². The summed E-state index contributed by atoms with van der Waals surface area (Å²) in [5, 5.41) is 5.12. The molecule has 1 amide bonds. The van der Waals surface area contributed by atoms with E-state index >= 15 is 0 Å². The van der Waals surface area contributed by atoms with Gasteiger partial charge < -0.3 is 10.1 Å². The highest BCUT2D eigenvalue weighted by Gasteiger charge is 2.26. The highest BCUT2D eigenvalue weighted by Crippen LogP contribution is 2.32. The van der Waals surface area contributed by atoms with E-state index in [4.69, 9.17) is 4.74 Å². The smallest absolute Gasteiger partial charge is 0.337 e. The van der Waals surface area contributed by atoms with Crippen molar-refractivity contribution in [3.05, 3.63) is 82.9 Å². The van der Waals surface area contributed by atoms with E-state index in [0.717, 1.165) is 29.2 Å². The molecule has 1 aliphatic rings. The minimum absolute atomic E-state index is 0.0943. The van der Waals surface area contributed by atoms with Crippen LogP contribution in [0.3, 0.4) is 0 Å². The molecule has 0 unspecified atom stereocenters. The van der Waals surface area contributed by atoms with Crippen molar-refractivity contribution < 1.29 is 14.3 Å². The van der Waals surface area contributed by atoms with Gasteiger partial charge in [-0.1, -0.05) is 42.5 Å². The molecule has 0 bridgehead atoms. The van der Waals surface area contributed by atoms with E-state index in [-0.39, 0.29) is 17.9 Å². The maximum absolute atomic E-state index is 12.9. The van der Waals surface area contributed by atoms with Crippen LogP contribution in [0.4, 0.5) is 0 Å². The van der Waals surface area contributed by atoms with Crippen LogP contribution in [0.5, 0.6) is 0 Å². The Morgan fingerprint density at radius 3 is 2.69 bits per heavy atom. The molecular weight excluding hydrogens is 326 g/mol. The summed E-state index contributed by atoms with van der Waals surface area (Å²) in [7, 11) is 1.37. The summed E-state index contributed by atoms with van der Waals surface area (Å²) < 4.78 is 4.80. The van der Waals surface area contributed by atoms with Gasteiger partial charge in [0.2, 0.25) is 0 Å². The quantitative estimate of drug-likeness (QED) is 0.729. The SMILES string of the molecule is COC(=O)c1ccc2c(c1)[C@H](NC(=O)c1cccc3ccccc13)CC2. The second-order valence-electron chi connectivity index (χ2n) is 6.50. The zero-order valence-electron chi connectivity index (χ0n) is 14.5. The van der Waals surface area contributed by atoms with E-state index in [1.54, 1.807) is 6.07 Å². The van der Waals surface area contributed by atoms with Gasteiger partial charge in [0, 0.05) is 5.56 Å². The van der Waals surface area contributed by atoms with Crippen molar-refractivity contribution in [1.29, 1.82) is 0 Å². The van der Waals surface area contributed by atoms with Crippen LogP contribution >= 0.6 is 0 Å². The molecular formula is C22H19NO3. The van der Waals surface area contributed by atoms with Gasteiger partial charge in [-0.3, -0.25) is 4.79 Å². The largest absolute Gasteiger partial charge is 0.465 e. The van der Waals surface area contributed by atoms with Crippen molar-refractivity contribution in [1.82, 2.24) is 5.32 Å². The first-order valence-corrected chi connectivity index (χ1v) is 8.67. The number of methoxy groups -OCH3 is 1. The van der Waals surface area contributed by atoms with Crippen molar-refractivity contribution in [3.8, 4) is 0 Å². The van der Waals surface area contributed by atoms with Gasteiger partial charge in [-0.2, -0.15) is 0 Å². The van der Waals surface area contributed by atoms with Crippen LogP contribution in [0.1, 0.15) is 44.3 Å². The van der Waals surface area contributed by atoms with Gasteiger partial charge >= 0.3 is 5.97 Å². The minimum atomic E-state index is -0.362. The summed E-state index contributed by atoms with van der Waals surface area (Å²) in [5.74, 6) is -0.457. The first kappa shape index (κ1) is 16.3. The number of benzene rings is 3. The van der Waals surface area contributed by atoms with E-state index in [0.29, 0.717) is 11.1 Å². The Hall–Kier alpha value is -3.14. The average Bonchev–Trinajstić information content (AvgIpc) is 3.08. The molecule has 0 saturated heterocycles. The van der Waals surface area contributed by atoms with Gasteiger partial charge in [-0.15, -0.1) is 0 Å². The molecule has 0 saturated carbocycles. The number of carbonyl (C=O) groups is 2. The Balaban J connectivity index is 1.63. The molecule has 4 heteroatoms. The summed E-state index contributed by atoms with van der Waals surface area (Å²) >= 11 is 0. The predicted molar refractivity (Wildman–Crippen MR) is 100 cm³/mol. The number of ether oxygens (including phenoxy) is 1. The second kappa shape index (κ2) is 6.64. The Morgan fingerprint density at radius 1 is 1.04 bits per heavy atom. The monoisotopic (exact) mass is 345 g/mol. The fraction of sp³-hybridized carbons (Fsp3) is 0.182. The molecule has 3 aromatic rings. The summed E-state index contributed by atoms with van der Waals surface area (Å²) in [5.41, 5.74) is 3.35. The van der Waals surface area contributed by atoms with Gasteiger partial charge in [-0.25, -0.2) is 4.79 Å². The molecule has 0 heterocycles. The third kappa shape index (κ3) is 2.84. The van der Waals surface area contributed by atoms with E-state index in [9.17, 15) is 9.59 Å². The number of hydrogen-bond donors (Lipinski definition) is 1. The molecule has 4 nitrogen and oxygen atoms in total. The lowest BCUT2D eigenvalue weighted by atomic mass is 10.0. The van der Waals surface area contributed by atoms with Crippen LogP contribution < -0.4 is 5.32 Å². The maximum atomic E-state index is 12.9. The number of fused-ring (bicyclic) bond motifs is 2. The average molecular weight is 345 g/mol. The molecule has 0 aliphatic heterocycles. The zero-order valence-corrected chi connectivity index (χ0v) is 14.5. The van der Waals surface area contributed by atoms with Crippen LogP contribution in [-0.2, 0) is 11.2 Å². The van der Waals surface area contributed by atoms with Crippen molar-refractivity contribution in [2.24, 2.45) is 0 Å². The van der Waals surface area contributed by atoms with Gasteiger partial charge in [0.25, 0.3) is 5.91 Å². The molecule has 0 fully saturated rings. The number of aryl methyl sites for hydroxylation is 1. The van der Waals surface area contributed by atoms with Gasteiger partial charge in [0.05, 0.1) is 18.7 Å². The topological polar surface area (TPSA) is 55.4 Å². The molecule has 0 aromatic heterocycles. The maximum Gasteiger partial charge on any atom is 0.337 e. The number of amides is 1. The summed E-state index contributed by atoms with van der Waals surface area (Å²) in [4.78, 5) is 24.7. The fourth-order valence-electron chi connectivity index (χ4n) is 3.66. The number of rotatable bonds is 3. The van der Waals surface area contributed by atoms with Crippen molar-refractivity contribution in [3.63, 3.8) is 0 Å². The predicted octanol–water partition coefficient (Wildman–Crippen LogP) is 4.04. The Bertz CT molecular complexity index is 1000. The van der Waals surface area contributed by atoms with Crippen LogP contribution in [0.15, 0.2) is 60.7 Å². The normalized spacial score (nSPS) is 15.5. The molecule has 26 heavy (non-hydrogen) atoms. The Labute approximate surface area is 151 Å². The molecule has 130 valence electrons. The van der Waals surface area contributed by atoms with E-state index < -0.39 is 0 Å². The van der Waals surface area contributed by atoms with Crippen LogP contribution in [-0.4, -0.2) is 19.0 Å². The molecule has 0 spiro atoms. The number of nitrogens with one attached hydrogen (secondary N) is 1. The lowest BCUT2D eigenvalue weighted by Crippen LogP contribution is -2.27. The number of esters is 1. The third-order valence-electron chi connectivity index (χ3n) is 4.98. The molecule has 3 aromatic carbocycles. The molecule has 4 rings (SSSR count). The van der Waals surface area contributed by atoms with Crippen molar-refractivity contribution in [2.75, 3.05) is 7.11 Å². The summed E-state index contributed by atoms with van der Waals surface area (Å²) in [6.07, 6.45) is 1.72. The second-order valence-corrected chi connectivity index (χ2v) is 6.50. The fourth-order valence-corrected chi connectivity index (χ4v) is 3.66. The van der Waals surface area contributed by atoms with Gasteiger partial charge in [0.15, 0.2) is 0 Å². The summed E-state index contributed by atoms with van der Waals surface area (Å²) in [6.45, 7) is 0. The van der Waals surface area contributed by atoms with Gasteiger partial charge in [-0.05, 0) is 52.9 Å². The lowest BCUT2D eigenvalue weighted by molar-refractivity contribution is 0.0600. The Morgan fingerprint density at radius 2 is 1.85 bits per heavy atom. The van der Waals surface area contributed by atoms with Crippen LogP contribution in [0.25, 0.3) is 10.8 Å². The zero-order chi connectivity index (χ0) is 18.1. The van der Waals surface area contributed by atoms with Crippen LogP contribution in [0.2, 0.25) is 0 Å². The van der Waals surface area contributed by atoms with E-state index in [1.165, 1.54) is 12.7 Å². The highest BCUT2D eigenvalue weighted by molar-refractivity contribution is 6.07. The minimum Gasteiger partial charge on any atom is -0.465 e. The molecule has 1 N–H and O–H groups in total. The van der Waals surface area contributed by atoms with Gasteiger partial charge in [0.1, 0.15) is 0 Å². The lowest BCUT2D eigenvalue weighted by Gasteiger charge is -2.16. The summed E-state index contributed by atoms with van der Waals surface area (Å²) in [6, 6.07) is 19.1. The first-order valence-electron chi connectivity index (χ1n) is 8.67. The highest BCUT2D eigenvalue weighted by atomic mass is 16.5. The molecule has 0 radical (unpaired) electrons. The molecule has 1 aliphatic carbocycles. The number of carbonyl (C=O) groups excluding carboxylic acids is 2. The van der Waals surface area contributed by atoms with E-state index in [2.05, 4.69) is 5.32 Å². The van der Waals surface area contributed by atoms with E-state index in [1.807, 2.05) is 54.6 Å². The van der Waals surface area contributed by atoms with Crippen molar-refractivity contribution in [2.45, 2.75) is 18.9 Å². The standard InChI is InChI=1S/C22H19NO3/c1-26-22(25)16-10-9-15-11-12-20(19(15)13-16)23-21(24)18-8-4-6-14-5-2-3-7-17(14)18/h2-10,13,20H,11-12H2,1H3,(H,23,24)/t20-/m1/s1. The number of hydrogen-bond acceptors (Lipinski definition) is 3. The first-order chi connectivity index (χ1) is 12.7. The third-order valence-corrected chi connectivity index (χ3v) is 4.98. The van der Waals surface area contributed by atoms with Crippen molar-refractivity contribution >= 4 is 22.6 Å². The Kier molecular flexibility index (Phi) is 4.17. The molecule has 1 atom stereocenters.